The summed E-state index contributed by atoms with van der Waals surface area (Å²) in [6, 6.07) is 11.7. The standard InChI is InChI=1S/C22H25N3O4S2/c1-14-11-15(2)13-25(12-14)31(27,28)17-9-7-16(8-10-17)21(26)24-22-23-20-18(29-3)5-4-6-19(20)30-22/h4-10,14-15H,11-13H2,1-3H3,(H,23,24,26)/t14-,15-/m0/s1. The molecular weight excluding hydrogens is 434 g/mol. The van der Waals surface area contributed by atoms with Gasteiger partial charge in [-0.2, -0.15) is 4.31 Å². The lowest BCUT2D eigenvalue weighted by molar-refractivity contribution is 0.102. The van der Waals surface area contributed by atoms with Crippen molar-refractivity contribution >= 4 is 42.6 Å². The molecule has 31 heavy (non-hydrogen) atoms. The molecule has 2 heterocycles. The highest BCUT2D eigenvalue weighted by Gasteiger charge is 2.31. The Labute approximate surface area is 186 Å². The molecule has 3 aromatic rings. The lowest BCUT2D eigenvalue weighted by Gasteiger charge is -2.34. The van der Waals surface area contributed by atoms with Crippen LogP contribution in [0.15, 0.2) is 47.4 Å². The predicted octanol–water partition coefficient (Wildman–Crippen LogP) is 4.22. The number of hydrogen-bond acceptors (Lipinski definition) is 6. The minimum Gasteiger partial charge on any atom is -0.494 e. The molecule has 1 fully saturated rings. The van der Waals surface area contributed by atoms with Crippen LogP contribution in [0.5, 0.6) is 5.75 Å². The van der Waals surface area contributed by atoms with Crippen LogP contribution in [0.1, 0.15) is 30.6 Å². The first-order chi connectivity index (χ1) is 14.8. The van der Waals surface area contributed by atoms with Crippen LogP contribution in [0.4, 0.5) is 5.13 Å². The number of anilines is 1. The fraction of sp³-hybridized carbons (Fsp3) is 0.364. The lowest BCUT2D eigenvalue weighted by atomic mass is 9.94. The van der Waals surface area contributed by atoms with Gasteiger partial charge in [0.2, 0.25) is 10.0 Å². The van der Waals surface area contributed by atoms with Gasteiger partial charge in [-0.05, 0) is 54.7 Å². The molecular formula is C22H25N3O4S2. The van der Waals surface area contributed by atoms with E-state index in [1.807, 2.05) is 18.2 Å². The fourth-order valence-electron chi connectivity index (χ4n) is 4.04. The van der Waals surface area contributed by atoms with Crippen LogP contribution < -0.4 is 10.1 Å². The van der Waals surface area contributed by atoms with Gasteiger partial charge in [0.25, 0.3) is 5.91 Å². The predicted molar refractivity (Wildman–Crippen MR) is 122 cm³/mol. The quantitative estimate of drug-likeness (QED) is 0.617. The Kier molecular flexibility index (Phi) is 6.00. The molecule has 0 unspecified atom stereocenters. The number of piperidine rings is 1. The van der Waals surface area contributed by atoms with Crippen LogP contribution in [0.25, 0.3) is 10.2 Å². The van der Waals surface area contributed by atoms with Crippen molar-refractivity contribution in [2.45, 2.75) is 25.2 Å². The highest BCUT2D eigenvalue weighted by atomic mass is 32.2. The number of fused-ring (bicyclic) bond motifs is 1. The Morgan fingerprint density at radius 2 is 1.81 bits per heavy atom. The number of hydrogen-bond donors (Lipinski definition) is 1. The van der Waals surface area contributed by atoms with Crippen molar-refractivity contribution in [2.75, 3.05) is 25.5 Å². The molecule has 0 radical (unpaired) electrons. The molecule has 2 aromatic carbocycles. The van der Waals surface area contributed by atoms with Gasteiger partial charge in [-0.3, -0.25) is 10.1 Å². The number of nitrogens with zero attached hydrogens (tertiary/aromatic N) is 2. The van der Waals surface area contributed by atoms with Crippen molar-refractivity contribution in [3.8, 4) is 5.75 Å². The summed E-state index contributed by atoms with van der Waals surface area (Å²) in [7, 11) is -2.00. The van der Waals surface area contributed by atoms with Gasteiger partial charge in [-0.1, -0.05) is 31.3 Å². The molecule has 0 saturated carbocycles. The molecule has 1 saturated heterocycles. The zero-order valence-corrected chi connectivity index (χ0v) is 19.3. The molecule has 1 amide bonds. The van der Waals surface area contributed by atoms with Gasteiger partial charge < -0.3 is 4.74 Å². The lowest BCUT2D eigenvalue weighted by Crippen LogP contribution is -2.42. The third-order valence-corrected chi connectivity index (χ3v) is 8.19. The molecule has 1 aromatic heterocycles. The van der Waals surface area contributed by atoms with Crippen molar-refractivity contribution in [3.05, 3.63) is 48.0 Å². The minimum atomic E-state index is -3.58. The van der Waals surface area contributed by atoms with Crippen LogP contribution in [0, 0.1) is 11.8 Å². The summed E-state index contributed by atoms with van der Waals surface area (Å²) in [5, 5.41) is 3.24. The summed E-state index contributed by atoms with van der Waals surface area (Å²) in [5.41, 5.74) is 1.06. The molecule has 164 valence electrons. The van der Waals surface area contributed by atoms with Gasteiger partial charge in [0.15, 0.2) is 5.13 Å². The first-order valence-corrected chi connectivity index (χ1v) is 12.4. The number of ether oxygens (including phenoxy) is 1. The van der Waals surface area contributed by atoms with E-state index in [1.54, 1.807) is 11.4 Å². The minimum absolute atomic E-state index is 0.204. The number of rotatable bonds is 5. The number of sulfonamides is 1. The molecule has 0 aliphatic carbocycles. The maximum absolute atomic E-state index is 13.0. The summed E-state index contributed by atoms with van der Waals surface area (Å²) in [4.78, 5) is 17.3. The zero-order valence-electron chi connectivity index (χ0n) is 17.7. The van der Waals surface area contributed by atoms with Crippen molar-refractivity contribution in [1.82, 2.24) is 9.29 Å². The number of carbonyl (C=O) groups excluding carboxylic acids is 1. The van der Waals surface area contributed by atoms with Crippen molar-refractivity contribution in [1.29, 1.82) is 0 Å². The number of benzene rings is 2. The highest BCUT2D eigenvalue weighted by Crippen LogP contribution is 2.32. The van der Waals surface area contributed by atoms with E-state index in [-0.39, 0.29) is 10.8 Å². The maximum Gasteiger partial charge on any atom is 0.257 e. The van der Waals surface area contributed by atoms with Crippen LogP contribution >= 0.6 is 11.3 Å². The maximum atomic E-state index is 13.0. The Morgan fingerprint density at radius 1 is 1.13 bits per heavy atom. The largest absolute Gasteiger partial charge is 0.494 e. The van der Waals surface area contributed by atoms with Crippen molar-refractivity contribution in [3.63, 3.8) is 0 Å². The average Bonchev–Trinajstić information content (AvgIpc) is 3.15. The normalized spacial score (nSPS) is 20.0. The van der Waals surface area contributed by atoms with Gasteiger partial charge in [0.05, 0.1) is 16.7 Å². The monoisotopic (exact) mass is 459 g/mol. The van der Waals surface area contributed by atoms with E-state index < -0.39 is 10.0 Å². The number of para-hydroxylation sites is 1. The smallest absolute Gasteiger partial charge is 0.257 e. The number of carbonyl (C=O) groups is 1. The average molecular weight is 460 g/mol. The summed E-state index contributed by atoms with van der Waals surface area (Å²) in [6.07, 6.45) is 1.03. The molecule has 0 bridgehead atoms. The Bertz CT molecular complexity index is 1200. The SMILES string of the molecule is COc1cccc2sc(NC(=O)c3ccc(S(=O)(=O)N4C[C@@H](C)C[C@H](C)C4)cc3)nc12. The van der Waals surface area contributed by atoms with E-state index in [2.05, 4.69) is 24.1 Å². The molecule has 7 nitrogen and oxygen atoms in total. The fourth-order valence-corrected chi connectivity index (χ4v) is 6.60. The van der Waals surface area contributed by atoms with E-state index in [4.69, 9.17) is 4.74 Å². The summed E-state index contributed by atoms with van der Waals surface area (Å²) in [6.45, 7) is 5.19. The van der Waals surface area contributed by atoms with Crippen LogP contribution in [-0.2, 0) is 10.0 Å². The second-order valence-corrected chi connectivity index (χ2v) is 11.0. The number of thiazole rings is 1. The van der Waals surface area contributed by atoms with Crippen LogP contribution in [-0.4, -0.2) is 43.8 Å². The van der Waals surface area contributed by atoms with Crippen molar-refractivity contribution < 1.29 is 17.9 Å². The van der Waals surface area contributed by atoms with Gasteiger partial charge in [0.1, 0.15) is 11.3 Å². The van der Waals surface area contributed by atoms with Gasteiger partial charge in [-0.25, -0.2) is 13.4 Å². The van der Waals surface area contributed by atoms with Gasteiger partial charge >= 0.3 is 0 Å². The Morgan fingerprint density at radius 3 is 2.45 bits per heavy atom. The highest BCUT2D eigenvalue weighted by molar-refractivity contribution is 7.89. The number of methoxy groups -OCH3 is 1. The second-order valence-electron chi connectivity index (χ2n) is 8.07. The van der Waals surface area contributed by atoms with E-state index >= 15 is 0 Å². The molecule has 0 spiro atoms. The summed E-state index contributed by atoms with van der Waals surface area (Å²) >= 11 is 1.35. The molecule has 1 N–H and O–H groups in total. The first kappa shape index (κ1) is 21.7. The van der Waals surface area contributed by atoms with Gasteiger partial charge in [-0.15, -0.1) is 0 Å². The number of aromatic nitrogens is 1. The first-order valence-electron chi connectivity index (χ1n) is 10.1. The van der Waals surface area contributed by atoms with E-state index in [0.717, 1.165) is 11.1 Å². The zero-order chi connectivity index (χ0) is 22.2. The Hall–Kier alpha value is -2.49. The molecule has 1 aliphatic heterocycles. The number of nitrogens with one attached hydrogen (secondary N) is 1. The van der Waals surface area contributed by atoms with Gasteiger partial charge in [0, 0.05) is 18.7 Å². The summed E-state index contributed by atoms with van der Waals surface area (Å²) in [5.74, 6) is 0.958. The van der Waals surface area contributed by atoms with E-state index in [0.29, 0.717) is 46.9 Å². The molecule has 2 atom stereocenters. The topological polar surface area (TPSA) is 88.6 Å². The van der Waals surface area contributed by atoms with Crippen LogP contribution in [0.2, 0.25) is 0 Å². The third kappa shape index (κ3) is 4.44. The number of amides is 1. The van der Waals surface area contributed by atoms with E-state index in [9.17, 15) is 13.2 Å². The van der Waals surface area contributed by atoms with E-state index in [1.165, 1.54) is 35.6 Å². The molecule has 9 heteroatoms. The van der Waals surface area contributed by atoms with Crippen molar-refractivity contribution in [2.24, 2.45) is 11.8 Å². The van der Waals surface area contributed by atoms with Crippen LogP contribution in [0.3, 0.4) is 0 Å². The second kappa shape index (κ2) is 8.57. The molecule has 4 rings (SSSR count). The molecule has 1 aliphatic rings. The Balaban J connectivity index is 1.51. The summed E-state index contributed by atoms with van der Waals surface area (Å²) < 4.78 is 33.8. The third-order valence-electron chi connectivity index (χ3n) is 5.41.